The van der Waals surface area contributed by atoms with Gasteiger partial charge in [0.2, 0.25) is 0 Å². The second kappa shape index (κ2) is 6.47. The predicted molar refractivity (Wildman–Crippen MR) is 107 cm³/mol. The molecule has 4 fully saturated rings. The van der Waals surface area contributed by atoms with Crippen molar-refractivity contribution in [3.63, 3.8) is 0 Å². The second-order valence-corrected chi connectivity index (χ2v) is 10.0. The van der Waals surface area contributed by atoms with E-state index in [2.05, 4.69) is 33.8 Å². The lowest BCUT2D eigenvalue weighted by Crippen LogP contribution is -2.50. The Morgan fingerprint density at radius 1 is 1.07 bits per heavy atom. The molecule has 1 aromatic heterocycles. The summed E-state index contributed by atoms with van der Waals surface area (Å²) in [4.78, 5) is 13.3. The van der Waals surface area contributed by atoms with Crippen LogP contribution in [0.3, 0.4) is 0 Å². The second-order valence-electron chi connectivity index (χ2n) is 9.06. The first-order valence-corrected chi connectivity index (χ1v) is 11.2. The first kappa shape index (κ1) is 17.5. The number of aryl methyl sites for hydroxylation is 2. The van der Waals surface area contributed by atoms with Crippen LogP contribution < -0.4 is 0 Å². The third-order valence-electron chi connectivity index (χ3n) is 7.11. The molecule has 2 aromatic rings. The van der Waals surface area contributed by atoms with Gasteiger partial charge in [0.1, 0.15) is 11.6 Å². The van der Waals surface area contributed by atoms with Crippen LogP contribution in [-0.4, -0.2) is 26.3 Å². The molecule has 1 heterocycles. The number of Topliss-reactive ketones (excluding diaryl/α,β-unsaturated/α-hetero) is 1. The fourth-order valence-corrected chi connectivity index (χ4v) is 7.29. The monoisotopic (exact) mass is 381 g/mol. The Bertz CT molecular complexity index is 852. The van der Waals surface area contributed by atoms with Crippen molar-refractivity contribution in [2.24, 2.45) is 23.2 Å². The molecule has 4 saturated carbocycles. The summed E-state index contributed by atoms with van der Waals surface area (Å²) in [6, 6.07) is 8.28. The van der Waals surface area contributed by atoms with Crippen LogP contribution in [0, 0.1) is 37.0 Å². The third-order valence-corrected chi connectivity index (χ3v) is 8.04. The highest BCUT2D eigenvalue weighted by atomic mass is 32.2. The number of carbonyl (C=O) groups excluding carboxylic acids is 1. The Morgan fingerprint density at radius 2 is 1.70 bits per heavy atom. The maximum atomic E-state index is 13.3. The molecule has 1 aromatic carbocycles. The van der Waals surface area contributed by atoms with E-state index in [0.29, 0.717) is 11.5 Å². The molecule has 27 heavy (non-hydrogen) atoms. The van der Waals surface area contributed by atoms with Crippen LogP contribution in [0.1, 0.15) is 49.9 Å². The smallest absolute Gasteiger partial charge is 0.196 e. The van der Waals surface area contributed by atoms with Gasteiger partial charge in [-0.1, -0.05) is 30.0 Å². The van der Waals surface area contributed by atoms with Gasteiger partial charge in [-0.25, -0.2) is 0 Å². The molecule has 4 aliphatic rings. The van der Waals surface area contributed by atoms with Gasteiger partial charge in [-0.2, -0.15) is 0 Å². The third kappa shape index (κ3) is 2.95. The number of hydrogen-bond acceptors (Lipinski definition) is 4. The Balaban J connectivity index is 1.36. The Morgan fingerprint density at radius 3 is 2.33 bits per heavy atom. The fourth-order valence-electron chi connectivity index (χ4n) is 6.26. The van der Waals surface area contributed by atoms with E-state index in [1.807, 2.05) is 19.1 Å². The lowest BCUT2D eigenvalue weighted by Gasteiger charge is -2.56. The summed E-state index contributed by atoms with van der Waals surface area (Å²) in [5, 5.41) is 9.49. The van der Waals surface area contributed by atoms with Gasteiger partial charge in [0.15, 0.2) is 5.16 Å². The number of rotatable bonds is 5. The van der Waals surface area contributed by atoms with Crippen LogP contribution in [0.2, 0.25) is 0 Å². The summed E-state index contributed by atoms with van der Waals surface area (Å²) in [5.74, 6) is 4.28. The number of aromatic nitrogens is 3. The number of carbonyl (C=O) groups is 1. The van der Waals surface area contributed by atoms with E-state index in [0.717, 1.165) is 53.7 Å². The molecule has 142 valence electrons. The molecule has 0 atom stereocenters. The molecule has 0 radical (unpaired) electrons. The number of para-hydroxylation sites is 1. The normalized spacial score (nSPS) is 31.4. The van der Waals surface area contributed by atoms with E-state index in [1.54, 1.807) is 11.8 Å². The van der Waals surface area contributed by atoms with E-state index >= 15 is 0 Å². The van der Waals surface area contributed by atoms with Crippen molar-refractivity contribution in [3.8, 4) is 5.69 Å². The van der Waals surface area contributed by atoms with Gasteiger partial charge in [-0.05, 0) is 81.8 Å². The molecule has 4 nitrogen and oxygen atoms in total. The fraction of sp³-hybridized carbons (Fsp3) is 0.591. The van der Waals surface area contributed by atoms with Crippen molar-refractivity contribution >= 4 is 17.5 Å². The van der Waals surface area contributed by atoms with Crippen LogP contribution in [0.15, 0.2) is 29.4 Å². The molecule has 0 aliphatic heterocycles. The van der Waals surface area contributed by atoms with Crippen LogP contribution in [0.4, 0.5) is 0 Å². The zero-order valence-corrected chi connectivity index (χ0v) is 17.0. The molecule has 4 aliphatic carbocycles. The van der Waals surface area contributed by atoms with E-state index in [9.17, 15) is 4.79 Å². The number of ketones is 1. The van der Waals surface area contributed by atoms with E-state index in [-0.39, 0.29) is 5.41 Å². The van der Waals surface area contributed by atoms with Gasteiger partial charge in [-0.15, -0.1) is 10.2 Å². The highest BCUT2D eigenvalue weighted by Crippen LogP contribution is 2.60. The number of hydrogen-bond donors (Lipinski definition) is 0. The summed E-state index contributed by atoms with van der Waals surface area (Å²) in [6.45, 7) is 4.08. The Labute approximate surface area is 165 Å². The highest BCUT2D eigenvalue weighted by Gasteiger charge is 2.54. The summed E-state index contributed by atoms with van der Waals surface area (Å²) < 4.78 is 2.09. The zero-order chi connectivity index (χ0) is 18.6. The SMILES string of the molecule is Cc1ccccc1-n1c(C)nnc1SCC(=O)C12CC3CC(CC(C3)C1)C2. The minimum Gasteiger partial charge on any atom is -0.298 e. The number of thioether (sulfide) groups is 1. The standard InChI is InChI=1S/C22H27N3OS/c1-14-5-3-4-6-19(14)25-15(2)23-24-21(25)27-13-20(26)22-10-16-7-17(11-22)9-18(8-16)12-22/h3-6,16-18H,7-13H2,1-2H3. The van der Waals surface area contributed by atoms with Crippen molar-refractivity contribution in [3.05, 3.63) is 35.7 Å². The van der Waals surface area contributed by atoms with Crippen molar-refractivity contribution in [2.45, 2.75) is 57.5 Å². The molecule has 0 N–H and O–H groups in total. The van der Waals surface area contributed by atoms with Crippen molar-refractivity contribution in [2.75, 3.05) is 5.75 Å². The summed E-state index contributed by atoms with van der Waals surface area (Å²) >= 11 is 1.57. The summed E-state index contributed by atoms with van der Waals surface area (Å²) in [5.41, 5.74) is 2.27. The number of nitrogens with zero attached hydrogens (tertiary/aromatic N) is 3. The maximum absolute atomic E-state index is 13.3. The Hall–Kier alpha value is -1.62. The molecule has 0 unspecified atom stereocenters. The average Bonchev–Trinajstić information content (AvgIpc) is 2.99. The van der Waals surface area contributed by atoms with E-state index in [1.165, 1.54) is 24.8 Å². The quantitative estimate of drug-likeness (QED) is 0.701. The lowest BCUT2D eigenvalue weighted by molar-refractivity contribution is -0.141. The minimum atomic E-state index is -0.0235. The van der Waals surface area contributed by atoms with Crippen LogP contribution in [-0.2, 0) is 4.79 Å². The average molecular weight is 382 g/mol. The van der Waals surface area contributed by atoms with Gasteiger partial charge in [0.05, 0.1) is 11.4 Å². The zero-order valence-electron chi connectivity index (χ0n) is 16.1. The van der Waals surface area contributed by atoms with E-state index < -0.39 is 0 Å². The van der Waals surface area contributed by atoms with Crippen LogP contribution >= 0.6 is 11.8 Å². The summed E-state index contributed by atoms with van der Waals surface area (Å²) in [6.07, 6.45) is 7.55. The van der Waals surface area contributed by atoms with Crippen molar-refractivity contribution in [1.82, 2.24) is 14.8 Å². The van der Waals surface area contributed by atoms with Gasteiger partial charge in [0.25, 0.3) is 0 Å². The maximum Gasteiger partial charge on any atom is 0.196 e. The van der Waals surface area contributed by atoms with Gasteiger partial charge < -0.3 is 0 Å². The van der Waals surface area contributed by atoms with Crippen molar-refractivity contribution in [1.29, 1.82) is 0 Å². The van der Waals surface area contributed by atoms with Crippen molar-refractivity contribution < 1.29 is 4.79 Å². The first-order valence-electron chi connectivity index (χ1n) is 10.2. The van der Waals surface area contributed by atoms with Crippen LogP contribution in [0.25, 0.3) is 5.69 Å². The van der Waals surface area contributed by atoms with Gasteiger partial charge in [-0.3, -0.25) is 9.36 Å². The molecule has 5 heteroatoms. The first-order chi connectivity index (χ1) is 13.0. The number of benzene rings is 1. The largest absolute Gasteiger partial charge is 0.298 e. The lowest BCUT2D eigenvalue weighted by atomic mass is 9.48. The molecule has 0 amide bonds. The Kier molecular flexibility index (Phi) is 4.19. The summed E-state index contributed by atoms with van der Waals surface area (Å²) in [7, 11) is 0. The predicted octanol–water partition coefficient (Wildman–Crippen LogP) is 4.76. The topological polar surface area (TPSA) is 47.8 Å². The highest BCUT2D eigenvalue weighted by molar-refractivity contribution is 7.99. The van der Waals surface area contributed by atoms with Crippen LogP contribution in [0.5, 0.6) is 0 Å². The van der Waals surface area contributed by atoms with E-state index in [4.69, 9.17) is 0 Å². The van der Waals surface area contributed by atoms with Gasteiger partial charge in [0, 0.05) is 5.41 Å². The molecule has 6 rings (SSSR count). The minimum absolute atomic E-state index is 0.0235. The molecular weight excluding hydrogens is 354 g/mol. The molecular formula is C22H27N3OS. The molecule has 0 saturated heterocycles. The molecule has 4 bridgehead atoms. The molecule has 0 spiro atoms. The van der Waals surface area contributed by atoms with Gasteiger partial charge >= 0.3 is 0 Å².